The topological polar surface area (TPSA) is 29.1 Å². The Balaban J connectivity index is 1.39. The number of carbonyl (C=O) groups excluding carboxylic acids is 1. The molecule has 120 valence electrons. The van der Waals surface area contributed by atoms with Crippen LogP contribution in [0.5, 0.6) is 0 Å². The first-order chi connectivity index (χ1) is 10.6. The van der Waals surface area contributed by atoms with Gasteiger partial charge in [-0.25, -0.2) is 0 Å². The van der Waals surface area contributed by atoms with Crippen molar-refractivity contribution in [2.24, 2.45) is 17.8 Å². The predicted molar refractivity (Wildman–Crippen MR) is 93.9 cm³/mol. The summed E-state index contributed by atoms with van der Waals surface area (Å²) in [6.07, 6.45) is 5.56. The number of thioether (sulfide) groups is 1. The maximum Gasteiger partial charge on any atom is 0.230 e. The molecule has 3 rings (SSSR count). The number of aryl methyl sites for hydroxylation is 1. The van der Waals surface area contributed by atoms with Gasteiger partial charge in [-0.1, -0.05) is 36.2 Å². The van der Waals surface area contributed by atoms with Gasteiger partial charge in [-0.2, -0.15) is 0 Å². The Kier molecular flexibility index (Phi) is 5.12. The number of carbonyl (C=O) groups is 1. The van der Waals surface area contributed by atoms with Crippen molar-refractivity contribution in [1.29, 1.82) is 0 Å². The van der Waals surface area contributed by atoms with Crippen LogP contribution in [-0.2, 0) is 10.5 Å². The molecule has 0 heterocycles. The molecule has 2 bridgehead atoms. The molecule has 4 unspecified atom stereocenters. The number of rotatable bonds is 6. The highest BCUT2D eigenvalue weighted by Gasteiger charge is 2.42. The molecule has 0 spiro atoms. The number of benzene rings is 1. The van der Waals surface area contributed by atoms with E-state index in [4.69, 9.17) is 0 Å². The third-order valence-electron chi connectivity index (χ3n) is 5.41. The van der Waals surface area contributed by atoms with Gasteiger partial charge in [0.05, 0.1) is 5.75 Å². The third-order valence-corrected chi connectivity index (χ3v) is 6.41. The molecule has 1 amide bonds. The summed E-state index contributed by atoms with van der Waals surface area (Å²) >= 11 is 1.71. The van der Waals surface area contributed by atoms with Gasteiger partial charge in [-0.15, -0.1) is 11.8 Å². The molecular formula is C19H27NOS. The smallest absolute Gasteiger partial charge is 0.230 e. The summed E-state index contributed by atoms with van der Waals surface area (Å²) in [7, 11) is 0. The van der Waals surface area contributed by atoms with Crippen molar-refractivity contribution >= 4 is 17.7 Å². The third kappa shape index (κ3) is 3.87. The highest BCUT2D eigenvalue weighted by atomic mass is 32.2. The highest BCUT2D eigenvalue weighted by Crippen LogP contribution is 2.49. The SMILES string of the molecule is Cc1cccc(CSCC(=O)NC(C)C2CC3CCC2C3)c1. The summed E-state index contributed by atoms with van der Waals surface area (Å²) in [5, 5.41) is 3.24. The summed E-state index contributed by atoms with van der Waals surface area (Å²) < 4.78 is 0. The van der Waals surface area contributed by atoms with Crippen molar-refractivity contribution < 1.29 is 4.79 Å². The average Bonchev–Trinajstić information content (AvgIpc) is 3.10. The Labute approximate surface area is 138 Å². The zero-order chi connectivity index (χ0) is 15.5. The van der Waals surface area contributed by atoms with Crippen LogP contribution in [0.25, 0.3) is 0 Å². The van der Waals surface area contributed by atoms with E-state index in [9.17, 15) is 4.79 Å². The number of amides is 1. The molecule has 0 saturated heterocycles. The highest BCUT2D eigenvalue weighted by molar-refractivity contribution is 7.99. The van der Waals surface area contributed by atoms with E-state index >= 15 is 0 Å². The summed E-state index contributed by atoms with van der Waals surface area (Å²) in [5.74, 6) is 4.24. The fraction of sp³-hybridized carbons (Fsp3) is 0.632. The van der Waals surface area contributed by atoms with Crippen molar-refractivity contribution in [1.82, 2.24) is 5.32 Å². The minimum Gasteiger partial charge on any atom is -0.353 e. The van der Waals surface area contributed by atoms with Gasteiger partial charge in [0, 0.05) is 11.8 Å². The normalized spacial score (nSPS) is 27.8. The number of hydrogen-bond donors (Lipinski definition) is 1. The Bertz CT molecular complexity index is 530. The van der Waals surface area contributed by atoms with Crippen LogP contribution in [-0.4, -0.2) is 17.7 Å². The van der Waals surface area contributed by atoms with E-state index in [2.05, 4.69) is 43.4 Å². The first-order valence-electron chi connectivity index (χ1n) is 8.54. The van der Waals surface area contributed by atoms with Crippen LogP contribution >= 0.6 is 11.8 Å². The zero-order valence-electron chi connectivity index (χ0n) is 13.7. The molecule has 0 aliphatic heterocycles. The first kappa shape index (κ1) is 15.9. The van der Waals surface area contributed by atoms with Gasteiger partial charge >= 0.3 is 0 Å². The van der Waals surface area contributed by atoms with Gasteiger partial charge in [-0.3, -0.25) is 4.79 Å². The molecule has 2 fully saturated rings. The van der Waals surface area contributed by atoms with E-state index < -0.39 is 0 Å². The van der Waals surface area contributed by atoms with Crippen LogP contribution in [0, 0.1) is 24.7 Å². The molecule has 1 aromatic rings. The van der Waals surface area contributed by atoms with E-state index in [1.807, 2.05) is 0 Å². The lowest BCUT2D eigenvalue weighted by atomic mass is 9.84. The minimum atomic E-state index is 0.202. The monoisotopic (exact) mass is 317 g/mol. The Morgan fingerprint density at radius 1 is 1.36 bits per heavy atom. The molecule has 4 atom stereocenters. The Morgan fingerprint density at radius 3 is 2.91 bits per heavy atom. The van der Waals surface area contributed by atoms with Crippen molar-refractivity contribution in [3.8, 4) is 0 Å². The van der Waals surface area contributed by atoms with Crippen LogP contribution in [0.2, 0.25) is 0 Å². The van der Waals surface area contributed by atoms with Gasteiger partial charge < -0.3 is 5.32 Å². The number of hydrogen-bond acceptors (Lipinski definition) is 2. The molecule has 3 heteroatoms. The van der Waals surface area contributed by atoms with Crippen molar-refractivity contribution in [3.05, 3.63) is 35.4 Å². The summed E-state index contributed by atoms with van der Waals surface area (Å²) in [4.78, 5) is 12.1. The van der Waals surface area contributed by atoms with Crippen molar-refractivity contribution in [3.63, 3.8) is 0 Å². The first-order valence-corrected chi connectivity index (χ1v) is 9.70. The zero-order valence-corrected chi connectivity index (χ0v) is 14.5. The summed E-state index contributed by atoms with van der Waals surface area (Å²) in [6, 6.07) is 8.88. The maximum atomic E-state index is 12.1. The van der Waals surface area contributed by atoms with E-state index in [1.165, 1.54) is 36.8 Å². The second-order valence-corrected chi connectivity index (χ2v) is 8.16. The van der Waals surface area contributed by atoms with Gasteiger partial charge in [0.25, 0.3) is 0 Å². The average molecular weight is 317 g/mol. The van der Waals surface area contributed by atoms with Gasteiger partial charge in [0.2, 0.25) is 5.91 Å². The Morgan fingerprint density at radius 2 is 2.23 bits per heavy atom. The number of nitrogens with one attached hydrogen (secondary N) is 1. The van der Waals surface area contributed by atoms with Crippen LogP contribution in [0.4, 0.5) is 0 Å². The summed E-state index contributed by atoms with van der Waals surface area (Å²) in [6.45, 7) is 4.31. The van der Waals surface area contributed by atoms with E-state index in [0.717, 1.165) is 23.5 Å². The minimum absolute atomic E-state index is 0.202. The quantitative estimate of drug-likeness (QED) is 0.853. The molecular weight excluding hydrogens is 290 g/mol. The molecule has 2 aliphatic carbocycles. The predicted octanol–water partition coefficient (Wildman–Crippen LogP) is 4.17. The van der Waals surface area contributed by atoms with Crippen molar-refractivity contribution in [2.45, 2.75) is 51.3 Å². The van der Waals surface area contributed by atoms with E-state index in [0.29, 0.717) is 11.8 Å². The Hall–Kier alpha value is -0.960. The molecule has 1 aromatic carbocycles. The van der Waals surface area contributed by atoms with Crippen molar-refractivity contribution in [2.75, 3.05) is 5.75 Å². The largest absolute Gasteiger partial charge is 0.353 e. The lowest BCUT2D eigenvalue weighted by molar-refractivity contribution is -0.119. The maximum absolute atomic E-state index is 12.1. The second kappa shape index (κ2) is 7.08. The fourth-order valence-electron chi connectivity index (χ4n) is 4.37. The molecule has 1 N–H and O–H groups in total. The van der Waals surface area contributed by atoms with E-state index in [-0.39, 0.29) is 5.91 Å². The molecule has 2 nitrogen and oxygen atoms in total. The van der Waals surface area contributed by atoms with Crippen LogP contribution in [0.15, 0.2) is 24.3 Å². The van der Waals surface area contributed by atoms with Crippen LogP contribution in [0.3, 0.4) is 0 Å². The molecule has 2 aliphatic rings. The van der Waals surface area contributed by atoms with Crippen LogP contribution < -0.4 is 5.32 Å². The van der Waals surface area contributed by atoms with E-state index in [1.54, 1.807) is 11.8 Å². The lowest BCUT2D eigenvalue weighted by Gasteiger charge is -2.28. The summed E-state index contributed by atoms with van der Waals surface area (Å²) in [5.41, 5.74) is 2.59. The van der Waals surface area contributed by atoms with Crippen LogP contribution in [0.1, 0.15) is 43.7 Å². The fourth-order valence-corrected chi connectivity index (χ4v) is 5.16. The lowest BCUT2D eigenvalue weighted by Crippen LogP contribution is -2.40. The molecule has 22 heavy (non-hydrogen) atoms. The van der Waals surface area contributed by atoms with Gasteiger partial charge in [0.15, 0.2) is 0 Å². The molecule has 0 radical (unpaired) electrons. The molecule has 0 aromatic heterocycles. The number of fused-ring (bicyclic) bond motifs is 2. The van der Waals surface area contributed by atoms with Gasteiger partial charge in [-0.05, 0) is 56.4 Å². The standard InChI is InChI=1S/C19H27NOS/c1-13-4-3-5-16(8-13)11-22-12-19(21)20-14(2)18-10-15-6-7-17(18)9-15/h3-5,8,14-15,17-18H,6-7,9-12H2,1-2H3,(H,20,21). The van der Waals surface area contributed by atoms with Gasteiger partial charge in [0.1, 0.15) is 0 Å². The molecule has 2 saturated carbocycles. The second-order valence-electron chi connectivity index (χ2n) is 7.18.